The van der Waals surface area contributed by atoms with E-state index in [-0.39, 0.29) is 5.92 Å². The number of aryl methyl sites for hydroxylation is 2. The molecule has 102 valence electrons. The first-order valence-corrected chi connectivity index (χ1v) is 7.29. The van der Waals surface area contributed by atoms with E-state index in [9.17, 15) is 4.79 Å². The van der Waals surface area contributed by atoms with Gasteiger partial charge in [-0.2, -0.15) is 0 Å². The zero-order valence-electron chi connectivity index (χ0n) is 12.0. The number of fused-ring (bicyclic) bond motifs is 2. The van der Waals surface area contributed by atoms with Gasteiger partial charge >= 0.3 is 0 Å². The summed E-state index contributed by atoms with van der Waals surface area (Å²) >= 11 is 0. The van der Waals surface area contributed by atoms with Crippen molar-refractivity contribution in [2.75, 3.05) is 7.11 Å². The SMILES string of the molecule is COc1cc(C)cc(C)c1C(=O)C1CC2CCC1C2. The predicted octanol–water partition coefficient (Wildman–Crippen LogP) is 3.93. The molecule has 1 aromatic rings. The largest absolute Gasteiger partial charge is 0.496 e. The van der Waals surface area contributed by atoms with Gasteiger partial charge in [0, 0.05) is 5.92 Å². The molecule has 2 aliphatic rings. The first-order valence-electron chi connectivity index (χ1n) is 7.29. The Labute approximate surface area is 115 Å². The molecule has 0 amide bonds. The maximum atomic E-state index is 12.9. The number of ketones is 1. The summed E-state index contributed by atoms with van der Waals surface area (Å²) in [5.74, 6) is 2.75. The van der Waals surface area contributed by atoms with Gasteiger partial charge in [-0.15, -0.1) is 0 Å². The Kier molecular flexibility index (Phi) is 3.12. The van der Waals surface area contributed by atoms with Crippen molar-refractivity contribution in [3.8, 4) is 5.75 Å². The van der Waals surface area contributed by atoms with Crippen LogP contribution in [0.25, 0.3) is 0 Å². The quantitative estimate of drug-likeness (QED) is 0.768. The van der Waals surface area contributed by atoms with Crippen molar-refractivity contribution in [2.45, 2.75) is 39.5 Å². The van der Waals surface area contributed by atoms with Crippen LogP contribution in [0.4, 0.5) is 0 Å². The van der Waals surface area contributed by atoms with E-state index >= 15 is 0 Å². The molecule has 0 N–H and O–H groups in total. The Hall–Kier alpha value is -1.31. The highest BCUT2D eigenvalue weighted by molar-refractivity contribution is 6.02. The third kappa shape index (κ3) is 2.07. The Morgan fingerprint density at radius 2 is 2.00 bits per heavy atom. The Morgan fingerprint density at radius 3 is 2.58 bits per heavy atom. The minimum absolute atomic E-state index is 0.244. The molecule has 0 spiro atoms. The Morgan fingerprint density at radius 1 is 1.21 bits per heavy atom. The summed E-state index contributed by atoms with van der Waals surface area (Å²) in [6.07, 6.45) is 4.94. The van der Waals surface area contributed by atoms with Gasteiger partial charge in [0.05, 0.1) is 12.7 Å². The summed E-state index contributed by atoms with van der Waals surface area (Å²) < 4.78 is 5.45. The highest BCUT2D eigenvalue weighted by Gasteiger charge is 2.43. The monoisotopic (exact) mass is 258 g/mol. The summed E-state index contributed by atoms with van der Waals surface area (Å²) in [6, 6.07) is 4.07. The minimum atomic E-state index is 0.244. The average molecular weight is 258 g/mol. The average Bonchev–Trinajstić information content (AvgIpc) is 2.99. The molecule has 3 atom stereocenters. The van der Waals surface area contributed by atoms with Crippen LogP contribution >= 0.6 is 0 Å². The summed E-state index contributed by atoms with van der Waals surface area (Å²) in [6.45, 7) is 4.07. The van der Waals surface area contributed by atoms with E-state index in [2.05, 4.69) is 6.07 Å². The second-order valence-corrected chi connectivity index (χ2v) is 6.30. The van der Waals surface area contributed by atoms with Gasteiger partial charge < -0.3 is 4.74 Å². The molecule has 2 saturated carbocycles. The highest BCUT2D eigenvalue weighted by atomic mass is 16.5. The predicted molar refractivity (Wildman–Crippen MR) is 75.7 cm³/mol. The van der Waals surface area contributed by atoms with E-state index in [0.29, 0.717) is 11.7 Å². The molecule has 3 rings (SSSR count). The van der Waals surface area contributed by atoms with Crippen LogP contribution in [0, 0.1) is 31.6 Å². The van der Waals surface area contributed by atoms with Crippen molar-refractivity contribution in [3.63, 3.8) is 0 Å². The zero-order valence-corrected chi connectivity index (χ0v) is 12.0. The van der Waals surface area contributed by atoms with Crippen LogP contribution in [-0.4, -0.2) is 12.9 Å². The number of benzene rings is 1. The van der Waals surface area contributed by atoms with Crippen molar-refractivity contribution in [2.24, 2.45) is 17.8 Å². The van der Waals surface area contributed by atoms with Crippen LogP contribution in [0.2, 0.25) is 0 Å². The zero-order chi connectivity index (χ0) is 13.6. The molecule has 2 heteroatoms. The number of carbonyl (C=O) groups is 1. The Balaban J connectivity index is 1.95. The molecule has 0 saturated heterocycles. The van der Waals surface area contributed by atoms with Crippen LogP contribution < -0.4 is 4.74 Å². The molecule has 19 heavy (non-hydrogen) atoms. The maximum absolute atomic E-state index is 12.9. The molecular weight excluding hydrogens is 236 g/mol. The molecule has 2 bridgehead atoms. The highest BCUT2D eigenvalue weighted by Crippen LogP contribution is 2.50. The summed E-state index contributed by atoms with van der Waals surface area (Å²) in [4.78, 5) is 12.9. The lowest BCUT2D eigenvalue weighted by molar-refractivity contribution is 0.0871. The summed E-state index contributed by atoms with van der Waals surface area (Å²) in [7, 11) is 1.66. The molecule has 2 nitrogen and oxygen atoms in total. The van der Waals surface area contributed by atoms with Crippen molar-refractivity contribution in [1.82, 2.24) is 0 Å². The summed E-state index contributed by atoms with van der Waals surface area (Å²) in [5.41, 5.74) is 3.04. The lowest BCUT2D eigenvalue weighted by Crippen LogP contribution is -2.22. The number of rotatable bonds is 3. The molecular formula is C17H22O2. The number of hydrogen-bond donors (Lipinski definition) is 0. The smallest absolute Gasteiger partial charge is 0.170 e. The van der Waals surface area contributed by atoms with E-state index in [1.165, 1.54) is 19.3 Å². The fourth-order valence-corrected chi connectivity index (χ4v) is 4.16. The van der Waals surface area contributed by atoms with E-state index in [4.69, 9.17) is 4.74 Å². The minimum Gasteiger partial charge on any atom is -0.496 e. The number of carbonyl (C=O) groups excluding carboxylic acids is 1. The number of ether oxygens (including phenoxy) is 1. The fourth-order valence-electron chi connectivity index (χ4n) is 4.16. The molecule has 2 fully saturated rings. The van der Waals surface area contributed by atoms with Gasteiger partial charge in [-0.25, -0.2) is 0 Å². The first-order chi connectivity index (χ1) is 9.10. The normalized spacial score (nSPS) is 28.7. The third-order valence-electron chi connectivity index (χ3n) is 4.98. The van der Waals surface area contributed by atoms with Crippen LogP contribution in [0.5, 0.6) is 5.75 Å². The van der Waals surface area contributed by atoms with Crippen molar-refractivity contribution < 1.29 is 9.53 Å². The number of hydrogen-bond acceptors (Lipinski definition) is 2. The number of Topliss-reactive ketones (excluding diaryl/α,β-unsaturated/α-hetero) is 1. The fraction of sp³-hybridized carbons (Fsp3) is 0.588. The molecule has 1 aromatic carbocycles. The topological polar surface area (TPSA) is 26.3 Å². The van der Waals surface area contributed by atoms with Crippen LogP contribution in [0.15, 0.2) is 12.1 Å². The summed E-state index contributed by atoms with van der Waals surface area (Å²) in [5, 5.41) is 0. The second kappa shape index (κ2) is 4.66. The van der Waals surface area contributed by atoms with E-state index in [0.717, 1.165) is 34.8 Å². The lowest BCUT2D eigenvalue weighted by atomic mass is 9.82. The maximum Gasteiger partial charge on any atom is 0.170 e. The molecule has 0 heterocycles. The van der Waals surface area contributed by atoms with Crippen LogP contribution in [0.1, 0.15) is 47.2 Å². The van der Waals surface area contributed by atoms with Gasteiger partial charge in [0.2, 0.25) is 0 Å². The van der Waals surface area contributed by atoms with E-state index < -0.39 is 0 Å². The van der Waals surface area contributed by atoms with Gasteiger partial charge in [-0.1, -0.05) is 12.5 Å². The second-order valence-electron chi connectivity index (χ2n) is 6.30. The van der Waals surface area contributed by atoms with Crippen molar-refractivity contribution >= 4 is 5.78 Å². The van der Waals surface area contributed by atoms with E-state index in [1.807, 2.05) is 19.9 Å². The van der Waals surface area contributed by atoms with Gasteiger partial charge in [-0.3, -0.25) is 4.79 Å². The van der Waals surface area contributed by atoms with Crippen LogP contribution in [0.3, 0.4) is 0 Å². The van der Waals surface area contributed by atoms with Crippen LogP contribution in [-0.2, 0) is 0 Å². The standard InChI is InChI=1S/C17H22O2/c1-10-6-11(2)16(15(7-10)19-3)17(18)14-9-12-4-5-13(14)8-12/h6-7,12-14H,4-5,8-9H2,1-3H3. The first kappa shape index (κ1) is 12.7. The molecule has 3 unspecified atom stereocenters. The third-order valence-corrected chi connectivity index (χ3v) is 4.98. The van der Waals surface area contributed by atoms with Crippen molar-refractivity contribution in [3.05, 3.63) is 28.8 Å². The molecule has 2 aliphatic carbocycles. The van der Waals surface area contributed by atoms with Gasteiger partial charge in [0.25, 0.3) is 0 Å². The Bertz CT molecular complexity index is 518. The molecule has 0 aromatic heterocycles. The van der Waals surface area contributed by atoms with Crippen molar-refractivity contribution in [1.29, 1.82) is 0 Å². The van der Waals surface area contributed by atoms with Gasteiger partial charge in [-0.05, 0) is 62.1 Å². The molecule has 0 aliphatic heterocycles. The molecule has 0 radical (unpaired) electrons. The number of methoxy groups -OCH3 is 1. The van der Waals surface area contributed by atoms with E-state index in [1.54, 1.807) is 7.11 Å². The van der Waals surface area contributed by atoms with Gasteiger partial charge in [0.1, 0.15) is 5.75 Å². The van der Waals surface area contributed by atoms with Gasteiger partial charge in [0.15, 0.2) is 5.78 Å². The lowest BCUT2D eigenvalue weighted by Gasteiger charge is -2.22.